The second kappa shape index (κ2) is 8.01. The Morgan fingerprint density at radius 2 is 2.00 bits per heavy atom. The van der Waals surface area contributed by atoms with Crippen molar-refractivity contribution in [2.24, 2.45) is 5.92 Å². The second-order valence-electron chi connectivity index (χ2n) is 8.07. The van der Waals surface area contributed by atoms with Crippen LogP contribution in [0.1, 0.15) is 36.1 Å². The van der Waals surface area contributed by atoms with Crippen LogP contribution in [-0.2, 0) is 19.4 Å². The molecule has 2 heterocycles. The summed E-state index contributed by atoms with van der Waals surface area (Å²) in [6.07, 6.45) is 7.66. The van der Waals surface area contributed by atoms with Crippen LogP contribution in [0.15, 0.2) is 30.5 Å². The molecule has 0 spiro atoms. The summed E-state index contributed by atoms with van der Waals surface area (Å²) in [6, 6.07) is 7.88. The fraction of sp³-hybridized carbons (Fsp3) is 0.417. The molecule has 2 aliphatic carbocycles. The first-order chi connectivity index (χ1) is 14.8. The van der Waals surface area contributed by atoms with Crippen molar-refractivity contribution in [2.75, 3.05) is 26.1 Å². The number of nitrogens with zero attached hydrogens (tertiary/aromatic N) is 2. The number of aromatic nitrogens is 2. The maximum absolute atomic E-state index is 6.13. The molecule has 6 heteroatoms. The van der Waals surface area contributed by atoms with Gasteiger partial charge in [0.05, 0.1) is 25.3 Å². The molecule has 5 rings (SSSR count). The van der Waals surface area contributed by atoms with Crippen molar-refractivity contribution in [3.63, 3.8) is 0 Å². The highest BCUT2D eigenvalue weighted by Gasteiger charge is 2.25. The van der Waals surface area contributed by atoms with Gasteiger partial charge in [-0.25, -0.2) is 4.98 Å². The van der Waals surface area contributed by atoms with Gasteiger partial charge in [0.25, 0.3) is 0 Å². The molecule has 1 N–H and O–H groups in total. The van der Waals surface area contributed by atoms with E-state index in [-0.39, 0.29) is 0 Å². The summed E-state index contributed by atoms with van der Waals surface area (Å²) in [5.41, 5.74) is 5.65. The van der Waals surface area contributed by atoms with Crippen LogP contribution in [0.2, 0.25) is 0 Å². The molecule has 3 aromatic rings. The van der Waals surface area contributed by atoms with Gasteiger partial charge in [0.2, 0.25) is 5.88 Å². The highest BCUT2D eigenvalue weighted by Crippen LogP contribution is 2.40. The number of rotatable bonds is 8. The standard InChI is InChI=1S/C24H27N3O3/c1-28-21-11-18-20(12-22(21)30-14-16-5-4-10-25-24(16)29-2)27-19-7-3-6-17(19)23(18)26-13-15-8-9-15/h4-5,10-12,15H,3,6-9,13-14H2,1-2H3,(H,26,27). The molecule has 1 aromatic carbocycles. The van der Waals surface area contributed by atoms with E-state index in [4.69, 9.17) is 19.2 Å². The van der Waals surface area contributed by atoms with Gasteiger partial charge >= 0.3 is 0 Å². The molecular weight excluding hydrogens is 378 g/mol. The number of fused-ring (bicyclic) bond motifs is 2. The average Bonchev–Trinajstić information content (AvgIpc) is 3.50. The summed E-state index contributed by atoms with van der Waals surface area (Å²) in [7, 11) is 3.29. The van der Waals surface area contributed by atoms with Crippen molar-refractivity contribution in [1.82, 2.24) is 9.97 Å². The Labute approximate surface area is 176 Å². The molecule has 0 aliphatic heterocycles. The number of pyridine rings is 2. The molecule has 0 atom stereocenters. The molecule has 2 aliphatic rings. The molecule has 156 valence electrons. The summed E-state index contributed by atoms with van der Waals surface area (Å²) < 4.78 is 17.1. The summed E-state index contributed by atoms with van der Waals surface area (Å²) in [4.78, 5) is 9.21. The first-order valence-corrected chi connectivity index (χ1v) is 10.6. The number of hydrogen-bond acceptors (Lipinski definition) is 6. The zero-order valence-corrected chi connectivity index (χ0v) is 17.5. The number of anilines is 1. The monoisotopic (exact) mass is 405 g/mol. The predicted octanol–water partition coefficient (Wildman–Crippen LogP) is 4.54. The molecule has 30 heavy (non-hydrogen) atoms. The number of ether oxygens (including phenoxy) is 3. The lowest BCUT2D eigenvalue weighted by Crippen LogP contribution is -2.08. The molecule has 1 saturated carbocycles. The van der Waals surface area contributed by atoms with Crippen LogP contribution in [0.5, 0.6) is 17.4 Å². The molecule has 0 amide bonds. The largest absolute Gasteiger partial charge is 0.493 e. The van der Waals surface area contributed by atoms with Crippen LogP contribution < -0.4 is 19.5 Å². The topological polar surface area (TPSA) is 65.5 Å². The van der Waals surface area contributed by atoms with Crippen LogP contribution in [0.25, 0.3) is 10.9 Å². The minimum absolute atomic E-state index is 0.344. The third kappa shape index (κ3) is 3.62. The highest BCUT2D eigenvalue weighted by atomic mass is 16.5. The summed E-state index contributed by atoms with van der Waals surface area (Å²) in [5, 5.41) is 4.84. The second-order valence-corrected chi connectivity index (χ2v) is 8.07. The molecule has 0 saturated heterocycles. The maximum atomic E-state index is 6.13. The van der Waals surface area contributed by atoms with Crippen molar-refractivity contribution >= 4 is 16.6 Å². The van der Waals surface area contributed by atoms with Crippen LogP contribution in [-0.4, -0.2) is 30.7 Å². The van der Waals surface area contributed by atoms with Crippen molar-refractivity contribution < 1.29 is 14.2 Å². The lowest BCUT2D eigenvalue weighted by Gasteiger charge is -2.17. The highest BCUT2D eigenvalue weighted by molar-refractivity contribution is 5.96. The summed E-state index contributed by atoms with van der Waals surface area (Å²) in [5.74, 6) is 2.76. The van der Waals surface area contributed by atoms with Gasteiger partial charge in [-0.15, -0.1) is 0 Å². The summed E-state index contributed by atoms with van der Waals surface area (Å²) in [6.45, 7) is 1.38. The van der Waals surface area contributed by atoms with E-state index in [1.54, 1.807) is 20.4 Å². The van der Waals surface area contributed by atoms with E-state index < -0.39 is 0 Å². The van der Waals surface area contributed by atoms with E-state index in [9.17, 15) is 0 Å². The number of nitrogens with one attached hydrogen (secondary N) is 1. The lowest BCUT2D eigenvalue weighted by atomic mass is 10.1. The predicted molar refractivity (Wildman–Crippen MR) is 117 cm³/mol. The Morgan fingerprint density at radius 1 is 1.10 bits per heavy atom. The summed E-state index contributed by atoms with van der Waals surface area (Å²) >= 11 is 0. The fourth-order valence-corrected chi connectivity index (χ4v) is 4.19. The molecule has 0 bridgehead atoms. The number of methoxy groups -OCH3 is 2. The van der Waals surface area contributed by atoms with E-state index in [0.29, 0.717) is 24.0 Å². The molecular formula is C24H27N3O3. The first kappa shape index (κ1) is 19.0. The van der Waals surface area contributed by atoms with Gasteiger partial charge in [-0.2, -0.15) is 0 Å². The van der Waals surface area contributed by atoms with Crippen LogP contribution in [0.4, 0.5) is 5.69 Å². The number of aryl methyl sites for hydroxylation is 1. The van der Waals surface area contributed by atoms with Gasteiger partial charge in [-0.3, -0.25) is 4.98 Å². The van der Waals surface area contributed by atoms with Crippen LogP contribution >= 0.6 is 0 Å². The molecule has 2 aromatic heterocycles. The van der Waals surface area contributed by atoms with E-state index in [0.717, 1.165) is 48.2 Å². The zero-order chi connectivity index (χ0) is 20.5. The Kier molecular flexibility index (Phi) is 5.07. The Morgan fingerprint density at radius 3 is 2.80 bits per heavy atom. The number of hydrogen-bond donors (Lipinski definition) is 1. The third-order valence-electron chi connectivity index (χ3n) is 5.99. The van der Waals surface area contributed by atoms with Crippen molar-refractivity contribution in [2.45, 2.75) is 38.7 Å². The number of benzene rings is 1. The molecule has 1 fully saturated rings. The van der Waals surface area contributed by atoms with Gasteiger partial charge in [0, 0.05) is 35.6 Å². The minimum atomic E-state index is 0.344. The first-order valence-electron chi connectivity index (χ1n) is 10.6. The molecule has 0 radical (unpaired) electrons. The van der Waals surface area contributed by atoms with Gasteiger partial charge in [-0.05, 0) is 61.8 Å². The van der Waals surface area contributed by atoms with Gasteiger partial charge in [0.1, 0.15) is 6.61 Å². The smallest absolute Gasteiger partial charge is 0.219 e. The van der Waals surface area contributed by atoms with E-state index in [2.05, 4.69) is 16.4 Å². The van der Waals surface area contributed by atoms with Crippen LogP contribution in [0, 0.1) is 5.92 Å². The van der Waals surface area contributed by atoms with Crippen molar-refractivity contribution in [1.29, 1.82) is 0 Å². The van der Waals surface area contributed by atoms with Crippen molar-refractivity contribution in [3.8, 4) is 17.4 Å². The Balaban J connectivity index is 1.50. The van der Waals surface area contributed by atoms with E-state index in [1.807, 2.05) is 18.2 Å². The van der Waals surface area contributed by atoms with Crippen molar-refractivity contribution in [3.05, 3.63) is 47.3 Å². The molecule has 6 nitrogen and oxygen atoms in total. The SMILES string of the molecule is COc1cc2c(NCC3CC3)c3c(nc2cc1OCc1cccnc1OC)CCC3. The quantitative estimate of drug-likeness (QED) is 0.594. The third-order valence-corrected chi connectivity index (χ3v) is 5.99. The Hall–Kier alpha value is -3.02. The maximum Gasteiger partial charge on any atom is 0.219 e. The average molecular weight is 405 g/mol. The molecule has 0 unspecified atom stereocenters. The fourth-order valence-electron chi connectivity index (χ4n) is 4.19. The Bertz CT molecular complexity index is 1080. The normalized spacial score (nSPS) is 15.1. The van der Waals surface area contributed by atoms with Gasteiger partial charge < -0.3 is 19.5 Å². The van der Waals surface area contributed by atoms with Crippen LogP contribution in [0.3, 0.4) is 0 Å². The minimum Gasteiger partial charge on any atom is -0.493 e. The zero-order valence-electron chi connectivity index (χ0n) is 17.5. The van der Waals surface area contributed by atoms with Gasteiger partial charge in [-0.1, -0.05) is 0 Å². The van der Waals surface area contributed by atoms with Gasteiger partial charge in [0.15, 0.2) is 11.5 Å². The van der Waals surface area contributed by atoms with E-state index in [1.165, 1.54) is 29.8 Å². The van der Waals surface area contributed by atoms with E-state index >= 15 is 0 Å². The lowest BCUT2D eigenvalue weighted by molar-refractivity contribution is 0.276.